The van der Waals surface area contributed by atoms with Gasteiger partial charge in [-0.05, 0) is 35.9 Å². The van der Waals surface area contributed by atoms with E-state index in [1.54, 1.807) is 18.2 Å². The van der Waals surface area contributed by atoms with E-state index in [-0.39, 0.29) is 5.78 Å². The van der Waals surface area contributed by atoms with E-state index in [2.05, 4.69) is 0 Å². The summed E-state index contributed by atoms with van der Waals surface area (Å²) in [5.41, 5.74) is 2.01. The molecule has 0 N–H and O–H groups in total. The second-order valence-electron chi connectivity index (χ2n) is 5.53. The minimum Gasteiger partial charge on any atom is -0.489 e. The number of ketones is 1. The van der Waals surface area contributed by atoms with Gasteiger partial charge in [0.2, 0.25) is 0 Å². The van der Waals surface area contributed by atoms with Gasteiger partial charge in [0.15, 0.2) is 11.5 Å². The van der Waals surface area contributed by atoms with Crippen molar-refractivity contribution in [1.82, 2.24) is 0 Å². The molecule has 0 aliphatic carbocycles. The molecule has 122 valence electrons. The van der Waals surface area contributed by atoms with Crippen LogP contribution in [-0.4, -0.2) is 5.78 Å². The molecule has 4 heteroatoms. The summed E-state index contributed by atoms with van der Waals surface area (Å²) in [6, 6.07) is 19.0. The van der Waals surface area contributed by atoms with E-state index in [0.717, 1.165) is 16.9 Å². The average Bonchev–Trinajstić information content (AvgIpc) is 3.04. The van der Waals surface area contributed by atoms with Gasteiger partial charge in [-0.25, -0.2) is 0 Å². The number of carbonyl (C=O) groups is 1. The third kappa shape index (κ3) is 4.06. The Hall–Kier alpha value is -2.52. The number of ether oxygens (including phenoxy) is 1. The van der Waals surface area contributed by atoms with Gasteiger partial charge in [-0.3, -0.25) is 4.79 Å². The molecule has 0 radical (unpaired) electrons. The first-order valence-electron chi connectivity index (χ1n) is 7.66. The first-order chi connectivity index (χ1) is 11.6. The zero-order valence-electron chi connectivity index (χ0n) is 13.3. The topological polar surface area (TPSA) is 39.4 Å². The molecule has 3 rings (SSSR count). The maximum atomic E-state index is 11.4. The van der Waals surface area contributed by atoms with Crippen molar-refractivity contribution in [1.29, 1.82) is 0 Å². The third-order valence-corrected chi connectivity index (χ3v) is 3.87. The van der Waals surface area contributed by atoms with Gasteiger partial charge in [0.25, 0.3) is 0 Å². The Bertz CT molecular complexity index is 837. The Morgan fingerprint density at radius 2 is 1.88 bits per heavy atom. The number of halogens is 1. The molecule has 0 aliphatic rings. The van der Waals surface area contributed by atoms with Gasteiger partial charge in [-0.15, -0.1) is 0 Å². The lowest BCUT2D eigenvalue weighted by molar-refractivity contribution is 0.0985. The summed E-state index contributed by atoms with van der Waals surface area (Å²) < 4.78 is 11.5. The highest BCUT2D eigenvalue weighted by Crippen LogP contribution is 2.27. The number of Topliss-reactive ketones (excluding diaryl/α,β-unsaturated/α-hetero) is 1. The van der Waals surface area contributed by atoms with E-state index < -0.39 is 0 Å². The SMILES string of the molecule is CC(=O)c1ccc(Cc2cc(Cl)ccc2OCc2ccccc2)o1. The monoisotopic (exact) mass is 340 g/mol. The van der Waals surface area contributed by atoms with Gasteiger partial charge < -0.3 is 9.15 Å². The second-order valence-corrected chi connectivity index (χ2v) is 5.96. The molecular formula is C20H17ClO3. The normalized spacial score (nSPS) is 10.6. The number of rotatable bonds is 6. The van der Waals surface area contributed by atoms with Crippen LogP contribution < -0.4 is 4.74 Å². The summed E-state index contributed by atoms with van der Waals surface area (Å²) >= 11 is 6.12. The first-order valence-corrected chi connectivity index (χ1v) is 8.04. The lowest BCUT2D eigenvalue weighted by atomic mass is 10.1. The predicted molar refractivity (Wildman–Crippen MR) is 93.7 cm³/mol. The van der Waals surface area contributed by atoms with Crippen LogP contribution in [0.4, 0.5) is 0 Å². The van der Waals surface area contributed by atoms with Crippen LogP contribution in [0.3, 0.4) is 0 Å². The Kier molecular flexibility index (Phi) is 5.02. The van der Waals surface area contributed by atoms with Crippen molar-refractivity contribution in [2.24, 2.45) is 0 Å². The van der Waals surface area contributed by atoms with Crippen LogP contribution >= 0.6 is 11.6 Å². The molecule has 0 unspecified atom stereocenters. The van der Waals surface area contributed by atoms with E-state index in [9.17, 15) is 4.79 Å². The Labute approximate surface area is 145 Å². The predicted octanol–water partition coefficient (Wildman–Crippen LogP) is 5.31. The molecule has 0 aliphatic heterocycles. The summed E-state index contributed by atoms with van der Waals surface area (Å²) in [7, 11) is 0. The highest BCUT2D eigenvalue weighted by atomic mass is 35.5. The van der Waals surface area contributed by atoms with Crippen LogP contribution in [-0.2, 0) is 13.0 Å². The van der Waals surface area contributed by atoms with Crippen LogP contribution in [0.5, 0.6) is 5.75 Å². The number of benzene rings is 2. The number of furan rings is 1. The zero-order chi connectivity index (χ0) is 16.9. The smallest absolute Gasteiger partial charge is 0.194 e. The molecule has 24 heavy (non-hydrogen) atoms. The van der Waals surface area contributed by atoms with Crippen molar-refractivity contribution < 1.29 is 13.9 Å². The molecule has 0 fully saturated rings. The lowest BCUT2D eigenvalue weighted by Crippen LogP contribution is -1.99. The maximum absolute atomic E-state index is 11.4. The van der Waals surface area contributed by atoms with Gasteiger partial charge in [0, 0.05) is 23.9 Å². The fourth-order valence-electron chi connectivity index (χ4n) is 2.41. The van der Waals surface area contributed by atoms with Gasteiger partial charge in [-0.2, -0.15) is 0 Å². The minimum atomic E-state index is -0.0899. The van der Waals surface area contributed by atoms with Crippen molar-refractivity contribution >= 4 is 17.4 Å². The largest absolute Gasteiger partial charge is 0.489 e. The summed E-state index contributed by atoms with van der Waals surface area (Å²) in [4.78, 5) is 11.4. The fourth-order valence-corrected chi connectivity index (χ4v) is 2.61. The van der Waals surface area contributed by atoms with Crippen LogP contribution in [0.15, 0.2) is 65.1 Å². The van der Waals surface area contributed by atoms with Gasteiger partial charge in [0.1, 0.15) is 18.1 Å². The molecule has 2 aromatic carbocycles. The summed E-state index contributed by atoms with van der Waals surface area (Å²) in [5.74, 6) is 1.72. The Balaban J connectivity index is 1.78. The number of hydrogen-bond acceptors (Lipinski definition) is 3. The Morgan fingerprint density at radius 1 is 1.08 bits per heavy atom. The van der Waals surface area contributed by atoms with E-state index in [4.69, 9.17) is 20.8 Å². The molecule has 3 nitrogen and oxygen atoms in total. The van der Waals surface area contributed by atoms with E-state index in [1.165, 1.54) is 6.92 Å². The molecule has 0 bridgehead atoms. The van der Waals surface area contributed by atoms with Crippen LogP contribution in [0, 0.1) is 0 Å². The van der Waals surface area contributed by atoms with Crippen molar-refractivity contribution in [2.75, 3.05) is 0 Å². The molecule has 0 amide bonds. The lowest BCUT2D eigenvalue weighted by Gasteiger charge is -2.11. The number of carbonyl (C=O) groups excluding carboxylic acids is 1. The van der Waals surface area contributed by atoms with Gasteiger partial charge in [-0.1, -0.05) is 41.9 Å². The van der Waals surface area contributed by atoms with E-state index in [0.29, 0.717) is 29.6 Å². The first kappa shape index (κ1) is 16.3. The van der Waals surface area contributed by atoms with E-state index in [1.807, 2.05) is 42.5 Å². The summed E-state index contributed by atoms with van der Waals surface area (Å²) in [6.07, 6.45) is 0.512. The zero-order valence-corrected chi connectivity index (χ0v) is 14.0. The summed E-state index contributed by atoms with van der Waals surface area (Å²) in [5, 5.41) is 0.635. The molecular weight excluding hydrogens is 324 g/mol. The van der Waals surface area contributed by atoms with Crippen molar-refractivity contribution in [2.45, 2.75) is 20.0 Å². The fraction of sp³-hybridized carbons (Fsp3) is 0.150. The van der Waals surface area contributed by atoms with Gasteiger partial charge in [0.05, 0.1) is 0 Å². The summed E-state index contributed by atoms with van der Waals surface area (Å²) in [6.45, 7) is 1.96. The van der Waals surface area contributed by atoms with Crippen LogP contribution in [0.2, 0.25) is 5.02 Å². The maximum Gasteiger partial charge on any atom is 0.194 e. The highest BCUT2D eigenvalue weighted by Gasteiger charge is 2.11. The quantitative estimate of drug-likeness (QED) is 0.571. The Morgan fingerprint density at radius 3 is 2.58 bits per heavy atom. The molecule has 1 aromatic heterocycles. The van der Waals surface area contributed by atoms with Crippen molar-refractivity contribution in [3.63, 3.8) is 0 Å². The van der Waals surface area contributed by atoms with Crippen molar-refractivity contribution in [3.05, 3.63) is 88.3 Å². The molecule has 0 spiro atoms. The second kappa shape index (κ2) is 7.37. The molecule has 3 aromatic rings. The van der Waals surface area contributed by atoms with Crippen LogP contribution in [0.1, 0.15) is 34.4 Å². The van der Waals surface area contributed by atoms with Crippen LogP contribution in [0.25, 0.3) is 0 Å². The molecule has 0 atom stereocenters. The standard InChI is InChI=1S/C20H17ClO3/c1-14(22)19-10-8-18(24-19)12-16-11-17(21)7-9-20(16)23-13-15-5-3-2-4-6-15/h2-11H,12-13H2,1H3. The molecule has 0 saturated carbocycles. The number of hydrogen-bond donors (Lipinski definition) is 0. The molecule has 0 saturated heterocycles. The average molecular weight is 341 g/mol. The third-order valence-electron chi connectivity index (χ3n) is 3.63. The highest BCUT2D eigenvalue weighted by molar-refractivity contribution is 6.30. The molecule has 1 heterocycles. The van der Waals surface area contributed by atoms with Gasteiger partial charge >= 0.3 is 0 Å². The van der Waals surface area contributed by atoms with Crippen molar-refractivity contribution in [3.8, 4) is 5.75 Å². The van der Waals surface area contributed by atoms with E-state index >= 15 is 0 Å². The minimum absolute atomic E-state index is 0.0899.